The largest absolute Gasteiger partial charge is 0.0984 e. The minimum Gasteiger partial charge on any atom is -0.0984 e. The maximum Gasteiger partial charge on any atom is -0.00708 e. The monoisotopic (exact) mass is 260 g/mol. The number of fused-ring (bicyclic) bond motifs is 3. The molecule has 1 aliphatic carbocycles. The zero-order valence-corrected chi connectivity index (χ0v) is 11.9. The van der Waals surface area contributed by atoms with Crippen molar-refractivity contribution in [2.75, 3.05) is 0 Å². The molecular formula is C20H20. The summed E-state index contributed by atoms with van der Waals surface area (Å²) in [5, 5.41) is 0. The fourth-order valence-electron chi connectivity index (χ4n) is 3.22. The standard InChI is InChI=1S/C20H20/c1-3-15-13-14-17-11-6-5-9-16-10-7-8-12-19(16)20(17)18(15)4-2/h3-4,7-8,10,12-14H,1-2,5-6,9,11H2. The number of aryl methyl sites for hydroxylation is 2. The van der Waals surface area contributed by atoms with Crippen molar-refractivity contribution in [3.8, 4) is 11.1 Å². The maximum absolute atomic E-state index is 4.03. The molecule has 0 amide bonds. The van der Waals surface area contributed by atoms with Crippen molar-refractivity contribution in [1.82, 2.24) is 0 Å². The minimum absolute atomic E-state index is 1.15. The second-order valence-electron chi connectivity index (χ2n) is 5.38. The lowest BCUT2D eigenvalue weighted by Crippen LogP contribution is -2.02. The van der Waals surface area contributed by atoms with E-state index in [-0.39, 0.29) is 0 Å². The fraction of sp³-hybridized carbons (Fsp3) is 0.200. The molecule has 3 rings (SSSR count). The number of hydrogen-bond donors (Lipinski definition) is 0. The molecule has 1 aliphatic rings. The van der Waals surface area contributed by atoms with Crippen LogP contribution in [0.25, 0.3) is 23.3 Å². The third-order valence-electron chi connectivity index (χ3n) is 4.22. The van der Waals surface area contributed by atoms with Gasteiger partial charge in [0, 0.05) is 0 Å². The average molecular weight is 260 g/mol. The van der Waals surface area contributed by atoms with Gasteiger partial charge in [0.2, 0.25) is 0 Å². The molecule has 0 heterocycles. The molecule has 0 aliphatic heterocycles. The van der Waals surface area contributed by atoms with Gasteiger partial charge >= 0.3 is 0 Å². The van der Waals surface area contributed by atoms with Gasteiger partial charge in [-0.1, -0.05) is 61.7 Å². The Hall–Kier alpha value is -2.08. The Morgan fingerprint density at radius 2 is 1.55 bits per heavy atom. The van der Waals surface area contributed by atoms with E-state index >= 15 is 0 Å². The molecular weight excluding hydrogens is 240 g/mol. The van der Waals surface area contributed by atoms with Crippen molar-refractivity contribution in [3.63, 3.8) is 0 Å². The van der Waals surface area contributed by atoms with Gasteiger partial charge in [0.1, 0.15) is 0 Å². The van der Waals surface area contributed by atoms with Crippen LogP contribution >= 0.6 is 0 Å². The molecule has 20 heavy (non-hydrogen) atoms. The molecule has 0 atom stereocenters. The molecule has 100 valence electrons. The third-order valence-corrected chi connectivity index (χ3v) is 4.22. The van der Waals surface area contributed by atoms with Crippen molar-refractivity contribution in [3.05, 3.63) is 71.8 Å². The Bertz CT molecular complexity index is 662. The van der Waals surface area contributed by atoms with Crippen molar-refractivity contribution < 1.29 is 0 Å². The molecule has 0 aromatic heterocycles. The number of rotatable bonds is 2. The Morgan fingerprint density at radius 3 is 2.30 bits per heavy atom. The van der Waals surface area contributed by atoms with Gasteiger partial charge in [-0.2, -0.15) is 0 Å². The summed E-state index contributed by atoms with van der Waals surface area (Å²) in [5.74, 6) is 0. The Balaban J connectivity index is 2.35. The smallest absolute Gasteiger partial charge is 0.00708 e. The van der Waals surface area contributed by atoms with Crippen LogP contribution in [0.4, 0.5) is 0 Å². The van der Waals surface area contributed by atoms with E-state index in [1.165, 1.54) is 52.6 Å². The fourth-order valence-corrected chi connectivity index (χ4v) is 3.22. The molecule has 0 bridgehead atoms. The van der Waals surface area contributed by atoms with Crippen LogP contribution in [0, 0.1) is 0 Å². The highest BCUT2D eigenvalue weighted by atomic mass is 14.2. The molecule has 0 radical (unpaired) electrons. The predicted molar refractivity (Wildman–Crippen MR) is 88.7 cm³/mol. The maximum atomic E-state index is 4.03. The van der Waals surface area contributed by atoms with E-state index in [2.05, 4.69) is 49.6 Å². The normalized spacial score (nSPS) is 13.6. The Labute approximate surface area is 121 Å². The SMILES string of the molecule is C=Cc1ccc2c(c1C=C)-c1ccccc1CCCC2. The van der Waals surface area contributed by atoms with Crippen molar-refractivity contribution >= 4 is 12.2 Å². The lowest BCUT2D eigenvalue weighted by Gasteiger charge is -2.21. The van der Waals surface area contributed by atoms with Crippen LogP contribution in [0.3, 0.4) is 0 Å². The van der Waals surface area contributed by atoms with E-state index in [0.29, 0.717) is 0 Å². The summed E-state index contributed by atoms with van der Waals surface area (Å²) in [6, 6.07) is 13.2. The molecule has 0 nitrogen and oxygen atoms in total. The average Bonchev–Trinajstić information content (AvgIpc) is 2.48. The first-order chi connectivity index (χ1) is 9.85. The summed E-state index contributed by atoms with van der Waals surface area (Å²) in [4.78, 5) is 0. The van der Waals surface area contributed by atoms with E-state index < -0.39 is 0 Å². The number of hydrogen-bond acceptors (Lipinski definition) is 0. The predicted octanol–water partition coefficient (Wildman–Crippen LogP) is 5.52. The second kappa shape index (κ2) is 5.50. The second-order valence-corrected chi connectivity index (χ2v) is 5.38. The summed E-state index contributed by atoms with van der Waals surface area (Å²) in [5.41, 5.74) is 8.05. The highest BCUT2D eigenvalue weighted by Crippen LogP contribution is 2.36. The van der Waals surface area contributed by atoms with E-state index in [4.69, 9.17) is 0 Å². The van der Waals surface area contributed by atoms with Gasteiger partial charge in [-0.15, -0.1) is 0 Å². The summed E-state index contributed by atoms with van der Waals surface area (Å²) in [7, 11) is 0. The van der Waals surface area contributed by atoms with Crippen molar-refractivity contribution in [2.24, 2.45) is 0 Å². The Kier molecular flexibility index (Phi) is 3.56. The van der Waals surface area contributed by atoms with Crippen LogP contribution in [0.15, 0.2) is 49.6 Å². The molecule has 0 saturated carbocycles. The molecule has 0 N–H and O–H groups in total. The number of benzene rings is 2. The van der Waals surface area contributed by atoms with E-state index in [1.807, 2.05) is 12.2 Å². The van der Waals surface area contributed by atoms with Crippen LogP contribution in [-0.2, 0) is 12.8 Å². The van der Waals surface area contributed by atoms with Gasteiger partial charge in [-0.3, -0.25) is 0 Å². The van der Waals surface area contributed by atoms with Crippen LogP contribution in [-0.4, -0.2) is 0 Å². The first-order valence-electron chi connectivity index (χ1n) is 7.34. The van der Waals surface area contributed by atoms with Crippen LogP contribution in [0.5, 0.6) is 0 Å². The van der Waals surface area contributed by atoms with Gasteiger partial charge in [0.15, 0.2) is 0 Å². The molecule has 2 aromatic carbocycles. The Morgan fingerprint density at radius 1 is 0.800 bits per heavy atom. The first-order valence-corrected chi connectivity index (χ1v) is 7.34. The summed E-state index contributed by atoms with van der Waals surface area (Å²) >= 11 is 0. The molecule has 2 aromatic rings. The van der Waals surface area contributed by atoms with Crippen molar-refractivity contribution in [2.45, 2.75) is 25.7 Å². The zero-order valence-electron chi connectivity index (χ0n) is 11.9. The molecule has 0 spiro atoms. The molecule has 0 unspecified atom stereocenters. The van der Waals surface area contributed by atoms with E-state index in [9.17, 15) is 0 Å². The third kappa shape index (κ3) is 2.12. The quantitative estimate of drug-likeness (QED) is 0.667. The van der Waals surface area contributed by atoms with Crippen LogP contribution in [0.2, 0.25) is 0 Å². The highest BCUT2D eigenvalue weighted by Gasteiger charge is 2.16. The highest BCUT2D eigenvalue weighted by molar-refractivity contribution is 5.84. The van der Waals surface area contributed by atoms with Crippen LogP contribution < -0.4 is 0 Å². The van der Waals surface area contributed by atoms with E-state index in [1.54, 1.807) is 0 Å². The van der Waals surface area contributed by atoms with Crippen LogP contribution in [0.1, 0.15) is 35.1 Å². The van der Waals surface area contributed by atoms with Gasteiger partial charge in [0.25, 0.3) is 0 Å². The first kappa shape index (κ1) is 12.9. The molecule has 0 heteroatoms. The van der Waals surface area contributed by atoms with E-state index in [0.717, 1.165) is 6.42 Å². The van der Waals surface area contributed by atoms with Gasteiger partial charge in [0.05, 0.1) is 0 Å². The van der Waals surface area contributed by atoms with Crippen molar-refractivity contribution in [1.29, 1.82) is 0 Å². The summed E-state index contributed by atoms with van der Waals surface area (Å²) in [6.45, 7) is 7.97. The minimum atomic E-state index is 1.15. The lowest BCUT2D eigenvalue weighted by atomic mass is 9.83. The lowest BCUT2D eigenvalue weighted by molar-refractivity contribution is 0.729. The van der Waals surface area contributed by atoms with Gasteiger partial charge < -0.3 is 0 Å². The molecule has 0 fully saturated rings. The summed E-state index contributed by atoms with van der Waals surface area (Å²) < 4.78 is 0. The van der Waals surface area contributed by atoms with Gasteiger partial charge in [-0.05, 0) is 59.1 Å². The van der Waals surface area contributed by atoms with Gasteiger partial charge in [-0.25, -0.2) is 0 Å². The topological polar surface area (TPSA) is 0 Å². The summed E-state index contributed by atoms with van der Waals surface area (Å²) in [6.07, 6.45) is 8.76. The molecule has 0 saturated heterocycles. The zero-order chi connectivity index (χ0) is 13.9.